The van der Waals surface area contributed by atoms with Gasteiger partial charge in [0.2, 0.25) is 0 Å². The molecular weight excluding hydrogens is 318 g/mol. The monoisotopic (exact) mass is 357 g/mol. The van der Waals surface area contributed by atoms with Gasteiger partial charge in [-0.3, -0.25) is 9.59 Å². The van der Waals surface area contributed by atoms with Crippen LogP contribution in [0.4, 0.5) is 0 Å². The quantitative estimate of drug-likeness (QED) is 0.340. The van der Waals surface area contributed by atoms with Crippen LogP contribution in [0.3, 0.4) is 0 Å². The van der Waals surface area contributed by atoms with Crippen LogP contribution in [0.15, 0.2) is 0 Å². The summed E-state index contributed by atoms with van der Waals surface area (Å²) in [6, 6.07) is 0.644. The fourth-order valence-electron chi connectivity index (χ4n) is 3.21. The average Bonchev–Trinajstić information content (AvgIpc) is 2.53. The molecule has 0 amide bonds. The van der Waals surface area contributed by atoms with Crippen LogP contribution in [0.1, 0.15) is 96.3 Å². The molecule has 5 nitrogen and oxygen atoms in total. The van der Waals surface area contributed by atoms with E-state index in [1.54, 1.807) is 0 Å². The lowest BCUT2D eigenvalue weighted by atomic mass is 9.99. The van der Waals surface area contributed by atoms with Crippen molar-refractivity contribution in [3.8, 4) is 0 Å². The molecule has 5 heteroatoms. The Bertz CT molecular complexity index is 345. The number of rotatable bonds is 18. The lowest BCUT2D eigenvalue weighted by Crippen LogP contribution is -2.27. The summed E-state index contributed by atoms with van der Waals surface area (Å²) in [4.78, 5) is 23.2. The molecule has 0 spiro atoms. The number of unbranched alkanes of at least 4 members (excludes halogenated alkanes) is 9. The lowest BCUT2D eigenvalue weighted by Gasteiger charge is -2.24. The Balaban J connectivity index is 3.55. The van der Waals surface area contributed by atoms with Gasteiger partial charge in [-0.1, -0.05) is 57.8 Å². The third-order valence-electron chi connectivity index (χ3n) is 4.84. The molecule has 0 aromatic rings. The molecule has 148 valence electrons. The van der Waals surface area contributed by atoms with Crippen LogP contribution in [-0.4, -0.2) is 47.2 Å². The van der Waals surface area contributed by atoms with Gasteiger partial charge < -0.3 is 15.1 Å². The van der Waals surface area contributed by atoms with Crippen LogP contribution in [0.2, 0.25) is 0 Å². The van der Waals surface area contributed by atoms with Gasteiger partial charge in [-0.05, 0) is 39.8 Å². The minimum Gasteiger partial charge on any atom is -0.481 e. The molecule has 0 fully saturated rings. The fourth-order valence-corrected chi connectivity index (χ4v) is 3.21. The van der Waals surface area contributed by atoms with Crippen molar-refractivity contribution >= 4 is 11.9 Å². The van der Waals surface area contributed by atoms with Crippen molar-refractivity contribution in [2.45, 2.75) is 102 Å². The molecule has 0 saturated carbocycles. The maximum absolute atomic E-state index is 10.4. The van der Waals surface area contributed by atoms with Gasteiger partial charge >= 0.3 is 11.9 Å². The molecule has 0 aliphatic heterocycles. The van der Waals surface area contributed by atoms with Crippen molar-refractivity contribution < 1.29 is 19.8 Å². The Morgan fingerprint density at radius 3 is 1.28 bits per heavy atom. The highest BCUT2D eigenvalue weighted by atomic mass is 16.4. The third-order valence-corrected chi connectivity index (χ3v) is 4.84. The van der Waals surface area contributed by atoms with Crippen LogP contribution in [-0.2, 0) is 9.59 Å². The number of carboxylic acids is 2. The molecule has 0 aromatic heterocycles. The van der Waals surface area contributed by atoms with E-state index in [4.69, 9.17) is 10.2 Å². The van der Waals surface area contributed by atoms with Crippen LogP contribution >= 0.6 is 0 Å². The van der Waals surface area contributed by atoms with E-state index < -0.39 is 11.9 Å². The summed E-state index contributed by atoms with van der Waals surface area (Å²) in [7, 11) is 4.31. The molecule has 25 heavy (non-hydrogen) atoms. The van der Waals surface area contributed by atoms with Gasteiger partial charge in [0.15, 0.2) is 0 Å². The van der Waals surface area contributed by atoms with Crippen molar-refractivity contribution in [2.75, 3.05) is 14.1 Å². The summed E-state index contributed by atoms with van der Waals surface area (Å²) in [6.45, 7) is 0. The second-order valence-electron chi connectivity index (χ2n) is 7.37. The predicted molar refractivity (Wildman–Crippen MR) is 102 cm³/mol. The summed E-state index contributed by atoms with van der Waals surface area (Å²) in [5.41, 5.74) is 0. The van der Waals surface area contributed by atoms with Crippen LogP contribution < -0.4 is 0 Å². The first-order valence-corrected chi connectivity index (χ1v) is 10.0. The molecule has 1 unspecified atom stereocenters. The average molecular weight is 358 g/mol. The molecule has 0 rings (SSSR count). The number of carboxylic acid groups (broad SMARTS) is 2. The zero-order chi connectivity index (χ0) is 18.9. The minimum absolute atomic E-state index is 0.302. The Morgan fingerprint density at radius 2 is 0.960 bits per heavy atom. The number of carbonyl (C=O) groups is 2. The summed E-state index contributed by atoms with van der Waals surface area (Å²) in [5.74, 6) is -1.37. The van der Waals surface area contributed by atoms with E-state index in [0.29, 0.717) is 18.9 Å². The highest BCUT2D eigenvalue weighted by Crippen LogP contribution is 2.17. The molecule has 0 saturated heterocycles. The van der Waals surface area contributed by atoms with Crippen molar-refractivity contribution in [2.24, 2.45) is 0 Å². The smallest absolute Gasteiger partial charge is 0.303 e. The Kier molecular flexibility index (Phi) is 15.7. The molecule has 1 atom stereocenters. The summed E-state index contributed by atoms with van der Waals surface area (Å²) in [6.07, 6.45) is 15.2. The first-order valence-electron chi connectivity index (χ1n) is 10.0. The predicted octanol–water partition coefficient (Wildman–Crippen LogP) is 4.94. The van der Waals surface area contributed by atoms with E-state index in [2.05, 4.69) is 19.0 Å². The Morgan fingerprint density at radius 1 is 0.640 bits per heavy atom. The first kappa shape index (κ1) is 23.9. The molecule has 0 heterocycles. The number of nitrogens with zero attached hydrogens (tertiary/aromatic N) is 1. The van der Waals surface area contributed by atoms with Crippen molar-refractivity contribution in [3.63, 3.8) is 0 Å². The van der Waals surface area contributed by atoms with Crippen LogP contribution in [0.25, 0.3) is 0 Å². The van der Waals surface area contributed by atoms with Crippen molar-refractivity contribution in [1.29, 1.82) is 0 Å². The van der Waals surface area contributed by atoms with E-state index >= 15 is 0 Å². The fraction of sp³-hybridized carbons (Fsp3) is 0.900. The van der Waals surface area contributed by atoms with Gasteiger partial charge in [0.1, 0.15) is 0 Å². The molecule has 2 N–H and O–H groups in total. The minimum atomic E-state index is -0.686. The number of hydrogen-bond donors (Lipinski definition) is 2. The Labute approximate surface area is 153 Å². The summed E-state index contributed by atoms with van der Waals surface area (Å²) < 4.78 is 0. The maximum atomic E-state index is 10.4. The van der Waals surface area contributed by atoms with Crippen molar-refractivity contribution in [3.05, 3.63) is 0 Å². The zero-order valence-electron chi connectivity index (χ0n) is 16.3. The highest BCUT2D eigenvalue weighted by Gasteiger charge is 2.10. The molecule has 0 aromatic carbocycles. The van der Waals surface area contributed by atoms with Crippen LogP contribution in [0, 0.1) is 0 Å². The second-order valence-corrected chi connectivity index (χ2v) is 7.37. The van der Waals surface area contributed by atoms with E-state index in [9.17, 15) is 9.59 Å². The standard InChI is InChI=1S/C20H39NO4/c1-21(2)18(15-11-7-5-9-13-17-20(24)25)14-10-6-3-4-8-12-16-19(22)23/h18H,3-17H2,1-2H3,(H,22,23)(H,24,25). The molecule has 0 radical (unpaired) electrons. The topological polar surface area (TPSA) is 77.8 Å². The van der Waals surface area contributed by atoms with Crippen LogP contribution in [0.5, 0.6) is 0 Å². The lowest BCUT2D eigenvalue weighted by molar-refractivity contribution is -0.138. The van der Waals surface area contributed by atoms with E-state index in [-0.39, 0.29) is 0 Å². The zero-order valence-corrected chi connectivity index (χ0v) is 16.3. The van der Waals surface area contributed by atoms with Crippen molar-refractivity contribution in [1.82, 2.24) is 4.90 Å². The Hall–Kier alpha value is -1.10. The van der Waals surface area contributed by atoms with Gasteiger partial charge in [0, 0.05) is 18.9 Å². The largest absolute Gasteiger partial charge is 0.481 e. The van der Waals surface area contributed by atoms with E-state index in [1.165, 1.54) is 44.9 Å². The van der Waals surface area contributed by atoms with Gasteiger partial charge in [-0.25, -0.2) is 0 Å². The normalized spacial score (nSPS) is 12.4. The first-order chi connectivity index (χ1) is 11.9. The van der Waals surface area contributed by atoms with Gasteiger partial charge in [0.05, 0.1) is 0 Å². The highest BCUT2D eigenvalue weighted by molar-refractivity contribution is 5.66. The molecule has 0 bridgehead atoms. The molecule has 0 aliphatic carbocycles. The van der Waals surface area contributed by atoms with Gasteiger partial charge in [-0.2, -0.15) is 0 Å². The third kappa shape index (κ3) is 17.5. The van der Waals surface area contributed by atoms with Gasteiger partial charge in [-0.15, -0.1) is 0 Å². The number of hydrogen-bond acceptors (Lipinski definition) is 3. The molecular formula is C20H39NO4. The van der Waals surface area contributed by atoms with E-state index in [1.807, 2.05) is 0 Å². The van der Waals surface area contributed by atoms with E-state index in [0.717, 1.165) is 38.5 Å². The number of aliphatic carboxylic acids is 2. The summed E-state index contributed by atoms with van der Waals surface area (Å²) in [5, 5.41) is 17.2. The second kappa shape index (κ2) is 16.4. The summed E-state index contributed by atoms with van der Waals surface area (Å²) >= 11 is 0. The maximum Gasteiger partial charge on any atom is 0.303 e. The van der Waals surface area contributed by atoms with Gasteiger partial charge in [0.25, 0.3) is 0 Å². The SMILES string of the molecule is CN(C)C(CCCCCCCCC(=O)O)CCCCCCCC(=O)O. The molecule has 0 aliphatic rings.